The molecule has 200 valence electrons. The molecule has 0 saturated carbocycles. The maximum absolute atomic E-state index is 12.8. The molecule has 2 amide bonds. The van der Waals surface area contributed by atoms with Gasteiger partial charge in [0, 0.05) is 10.0 Å². The van der Waals surface area contributed by atoms with Gasteiger partial charge in [0.2, 0.25) is 0 Å². The summed E-state index contributed by atoms with van der Waals surface area (Å²) in [5, 5.41) is 6.86. The van der Waals surface area contributed by atoms with Crippen molar-refractivity contribution in [2.24, 2.45) is 11.0 Å². The number of hydrogen-bond donors (Lipinski definition) is 2. The molecule has 9 heteroatoms. The number of carbonyl (C=O) groups excluding carboxylic acids is 2. The van der Waals surface area contributed by atoms with E-state index in [-0.39, 0.29) is 11.8 Å². The fourth-order valence-corrected chi connectivity index (χ4v) is 3.74. The number of benzene rings is 3. The fraction of sp³-hybridized carbons (Fsp3) is 0.276. The van der Waals surface area contributed by atoms with Crippen molar-refractivity contribution in [2.75, 3.05) is 13.7 Å². The average Bonchev–Trinajstić information content (AvgIpc) is 2.92. The van der Waals surface area contributed by atoms with Crippen LogP contribution in [0, 0.1) is 5.92 Å². The largest absolute Gasteiger partial charge is 0.497 e. The van der Waals surface area contributed by atoms with Crippen LogP contribution in [0.15, 0.2) is 76.3 Å². The molecule has 0 saturated heterocycles. The summed E-state index contributed by atoms with van der Waals surface area (Å²) in [6.45, 7) is 6.46. The van der Waals surface area contributed by atoms with E-state index in [1.165, 1.54) is 6.21 Å². The second-order valence-corrected chi connectivity index (χ2v) is 9.63. The Morgan fingerprint density at radius 2 is 1.68 bits per heavy atom. The number of nitrogens with zero attached hydrogens (tertiary/aromatic N) is 1. The van der Waals surface area contributed by atoms with Crippen molar-refractivity contribution in [1.29, 1.82) is 0 Å². The lowest BCUT2D eigenvalue weighted by molar-refractivity contribution is -0.123. The van der Waals surface area contributed by atoms with Crippen LogP contribution in [0.5, 0.6) is 17.2 Å². The van der Waals surface area contributed by atoms with E-state index >= 15 is 0 Å². The zero-order valence-electron chi connectivity index (χ0n) is 21.9. The molecule has 38 heavy (non-hydrogen) atoms. The summed E-state index contributed by atoms with van der Waals surface area (Å²) in [6.07, 6.45) is 1.52. The lowest BCUT2D eigenvalue weighted by Crippen LogP contribution is -2.48. The zero-order valence-corrected chi connectivity index (χ0v) is 23.4. The van der Waals surface area contributed by atoms with Crippen LogP contribution in [0.25, 0.3) is 0 Å². The molecule has 1 unspecified atom stereocenters. The number of amides is 2. The van der Waals surface area contributed by atoms with Gasteiger partial charge < -0.3 is 19.5 Å². The Labute approximate surface area is 231 Å². The first-order chi connectivity index (χ1) is 18.3. The Bertz CT molecular complexity index is 1240. The molecule has 8 nitrogen and oxygen atoms in total. The van der Waals surface area contributed by atoms with E-state index in [1.807, 2.05) is 51.1 Å². The molecule has 0 bridgehead atoms. The Morgan fingerprint density at radius 1 is 0.974 bits per heavy atom. The Morgan fingerprint density at radius 3 is 2.32 bits per heavy atom. The van der Waals surface area contributed by atoms with E-state index < -0.39 is 11.9 Å². The summed E-state index contributed by atoms with van der Waals surface area (Å²) < 4.78 is 17.8. The molecule has 0 aromatic heterocycles. The van der Waals surface area contributed by atoms with Crippen molar-refractivity contribution >= 4 is 34.0 Å². The number of nitrogens with one attached hydrogen (secondary N) is 2. The van der Waals surface area contributed by atoms with Gasteiger partial charge in [-0.2, -0.15) is 5.10 Å². The highest BCUT2D eigenvalue weighted by Gasteiger charge is 2.24. The number of rotatable bonds is 12. The van der Waals surface area contributed by atoms with Crippen molar-refractivity contribution in [1.82, 2.24) is 10.7 Å². The maximum Gasteiger partial charge on any atom is 0.262 e. The Balaban J connectivity index is 1.62. The van der Waals surface area contributed by atoms with E-state index in [0.29, 0.717) is 41.6 Å². The zero-order chi connectivity index (χ0) is 27.5. The topological polar surface area (TPSA) is 98.2 Å². The molecule has 0 heterocycles. The van der Waals surface area contributed by atoms with Crippen LogP contribution in [0.4, 0.5) is 0 Å². The van der Waals surface area contributed by atoms with E-state index in [4.69, 9.17) is 14.2 Å². The van der Waals surface area contributed by atoms with Crippen LogP contribution in [-0.4, -0.2) is 37.8 Å². The molecule has 0 aliphatic rings. The van der Waals surface area contributed by atoms with Gasteiger partial charge in [0.15, 0.2) is 11.5 Å². The summed E-state index contributed by atoms with van der Waals surface area (Å²) in [6, 6.07) is 19.2. The molecule has 0 aliphatic heterocycles. The van der Waals surface area contributed by atoms with Gasteiger partial charge in [0.1, 0.15) is 18.4 Å². The van der Waals surface area contributed by atoms with E-state index in [0.717, 1.165) is 10.0 Å². The van der Waals surface area contributed by atoms with Gasteiger partial charge in [-0.15, -0.1) is 0 Å². The number of hydrazone groups is 1. The SMILES string of the molecule is CCOc1cc(C=NNC(=O)C(NC(=O)c2ccc(OC)cc2)C(C)C)ccc1OCc1ccc(Br)cc1. The fourth-order valence-electron chi connectivity index (χ4n) is 3.48. The van der Waals surface area contributed by atoms with Crippen molar-refractivity contribution < 1.29 is 23.8 Å². The molecule has 2 N–H and O–H groups in total. The minimum Gasteiger partial charge on any atom is -0.497 e. The van der Waals surface area contributed by atoms with E-state index in [1.54, 1.807) is 43.5 Å². The number of carbonyl (C=O) groups is 2. The Kier molecular flexibility index (Phi) is 10.7. The van der Waals surface area contributed by atoms with Crippen molar-refractivity contribution in [3.05, 3.63) is 87.9 Å². The molecule has 3 aromatic rings. The van der Waals surface area contributed by atoms with Gasteiger partial charge in [-0.05, 0) is 78.6 Å². The maximum atomic E-state index is 12.8. The van der Waals surface area contributed by atoms with E-state index in [9.17, 15) is 9.59 Å². The molecule has 0 radical (unpaired) electrons. The molecular weight excluding hydrogens is 550 g/mol. The quantitative estimate of drug-likeness (QED) is 0.222. The first-order valence-electron chi connectivity index (χ1n) is 12.2. The van der Waals surface area contributed by atoms with E-state index in [2.05, 4.69) is 31.8 Å². The van der Waals surface area contributed by atoms with Gasteiger partial charge in [-0.3, -0.25) is 9.59 Å². The minimum atomic E-state index is -0.768. The summed E-state index contributed by atoms with van der Waals surface area (Å²) in [4.78, 5) is 25.4. The van der Waals surface area contributed by atoms with Crippen LogP contribution in [-0.2, 0) is 11.4 Å². The van der Waals surface area contributed by atoms with Crippen LogP contribution in [0.3, 0.4) is 0 Å². The minimum absolute atomic E-state index is 0.154. The predicted octanol–water partition coefficient (Wildman–Crippen LogP) is 5.34. The lowest BCUT2D eigenvalue weighted by atomic mass is 10.0. The molecule has 3 rings (SSSR count). The number of methoxy groups -OCH3 is 1. The van der Waals surface area contributed by atoms with Crippen molar-refractivity contribution in [3.8, 4) is 17.2 Å². The lowest BCUT2D eigenvalue weighted by Gasteiger charge is -2.20. The average molecular weight is 582 g/mol. The molecular formula is C29H32BrN3O5. The molecule has 3 aromatic carbocycles. The predicted molar refractivity (Wildman–Crippen MR) is 151 cm³/mol. The van der Waals surface area contributed by atoms with Crippen LogP contribution in [0.2, 0.25) is 0 Å². The first kappa shape index (κ1) is 28.7. The summed E-state index contributed by atoms with van der Waals surface area (Å²) >= 11 is 3.43. The van der Waals surface area contributed by atoms with Gasteiger partial charge >= 0.3 is 0 Å². The van der Waals surface area contributed by atoms with Crippen LogP contribution in [0.1, 0.15) is 42.3 Å². The molecule has 0 spiro atoms. The summed E-state index contributed by atoms with van der Waals surface area (Å²) in [5.41, 5.74) is 4.70. The number of halogens is 1. The molecule has 1 atom stereocenters. The second-order valence-electron chi connectivity index (χ2n) is 8.71. The number of ether oxygens (including phenoxy) is 3. The van der Waals surface area contributed by atoms with Crippen LogP contribution < -0.4 is 25.0 Å². The monoisotopic (exact) mass is 581 g/mol. The van der Waals surface area contributed by atoms with Gasteiger partial charge in [0.25, 0.3) is 11.8 Å². The van der Waals surface area contributed by atoms with Gasteiger partial charge in [-0.25, -0.2) is 5.43 Å². The Hall–Kier alpha value is -3.85. The van der Waals surface area contributed by atoms with Crippen molar-refractivity contribution in [3.63, 3.8) is 0 Å². The van der Waals surface area contributed by atoms with Gasteiger partial charge in [-0.1, -0.05) is 41.9 Å². The summed E-state index contributed by atoms with van der Waals surface area (Å²) in [7, 11) is 1.56. The normalized spacial score (nSPS) is 11.7. The molecule has 0 fully saturated rings. The van der Waals surface area contributed by atoms with Crippen LogP contribution >= 0.6 is 15.9 Å². The third kappa shape index (κ3) is 8.34. The van der Waals surface area contributed by atoms with Gasteiger partial charge in [0.05, 0.1) is 19.9 Å². The molecule has 0 aliphatic carbocycles. The summed E-state index contributed by atoms with van der Waals surface area (Å²) in [5.74, 6) is 0.900. The highest BCUT2D eigenvalue weighted by Crippen LogP contribution is 2.29. The third-order valence-corrected chi connectivity index (χ3v) is 6.08. The highest BCUT2D eigenvalue weighted by atomic mass is 79.9. The number of hydrogen-bond acceptors (Lipinski definition) is 6. The smallest absolute Gasteiger partial charge is 0.262 e. The first-order valence-corrected chi connectivity index (χ1v) is 13.0. The highest BCUT2D eigenvalue weighted by molar-refractivity contribution is 9.10. The third-order valence-electron chi connectivity index (χ3n) is 5.55. The standard InChI is InChI=1S/C29H32BrN3O5/c1-5-37-26-16-21(8-15-25(26)38-18-20-6-11-23(30)12-7-20)17-31-33-29(35)27(19(2)3)32-28(34)22-9-13-24(36-4)14-10-22/h6-17,19,27H,5,18H2,1-4H3,(H,32,34)(H,33,35). The van der Waals surface area contributed by atoms with Crippen molar-refractivity contribution in [2.45, 2.75) is 33.4 Å². The second kappa shape index (κ2) is 14.2.